The summed E-state index contributed by atoms with van der Waals surface area (Å²) in [6.07, 6.45) is 3.98. The third kappa shape index (κ3) is 4.71. The molecule has 4 nitrogen and oxygen atoms in total. The Labute approximate surface area is 176 Å². The lowest BCUT2D eigenvalue weighted by Gasteiger charge is -2.24. The first kappa shape index (κ1) is 19.8. The molecule has 4 aromatic rings. The van der Waals surface area contributed by atoms with E-state index >= 15 is 0 Å². The third-order valence-electron chi connectivity index (χ3n) is 5.29. The molecule has 0 radical (unpaired) electrons. The van der Waals surface area contributed by atoms with Gasteiger partial charge >= 0.3 is 0 Å². The van der Waals surface area contributed by atoms with Crippen molar-refractivity contribution in [1.82, 2.24) is 4.90 Å². The first-order valence-electron chi connectivity index (χ1n) is 10.2. The second kappa shape index (κ2) is 9.31. The molecule has 0 bridgehead atoms. The number of furan rings is 2. The number of carbonyl (C=O) groups is 1. The summed E-state index contributed by atoms with van der Waals surface area (Å²) in [4.78, 5) is 14.9. The minimum atomic E-state index is -0.106. The highest BCUT2D eigenvalue weighted by Gasteiger charge is 2.23. The standard InChI is InChI=1S/C26H25NO3/c1-20-11-13-22(14-12-20)23(24-9-5-17-29-24)15-16-27(19-21-7-3-2-4-8-21)26(28)25-10-6-18-30-25/h2-14,17-18,23H,15-16,19H2,1H3/t23-/m1/s1. The zero-order valence-corrected chi connectivity index (χ0v) is 17.0. The molecule has 0 spiro atoms. The fourth-order valence-electron chi connectivity index (χ4n) is 3.66. The lowest BCUT2D eigenvalue weighted by Crippen LogP contribution is -2.32. The van der Waals surface area contributed by atoms with E-state index in [1.54, 1.807) is 18.4 Å². The average Bonchev–Trinajstić information content (AvgIpc) is 3.49. The van der Waals surface area contributed by atoms with Crippen LogP contribution in [0.4, 0.5) is 0 Å². The van der Waals surface area contributed by atoms with Crippen molar-refractivity contribution in [3.05, 3.63) is 120 Å². The Hall–Kier alpha value is -3.53. The van der Waals surface area contributed by atoms with E-state index in [-0.39, 0.29) is 11.8 Å². The van der Waals surface area contributed by atoms with Crippen molar-refractivity contribution in [2.75, 3.05) is 6.54 Å². The van der Waals surface area contributed by atoms with E-state index in [4.69, 9.17) is 8.83 Å². The van der Waals surface area contributed by atoms with Gasteiger partial charge in [-0.3, -0.25) is 4.79 Å². The molecule has 0 fully saturated rings. The van der Waals surface area contributed by atoms with Crippen molar-refractivity contribution < 1.29 is 13.6 Å². The Kier molecular flexibility index (Phi) is 6.14. The van der Waals surface area contributed by atoms with Crippen LogP contribution in [0.2, 0.25) is 0 Å². The first-order valence-corrected chi connectivity index (χ1v) is 10.2. The van der Waals surface area contributed by atoms with E-state index in [9.17, 15) is 4.79 Å². The molecule has 4 rings (SSSR count). The summed E-state index contributed by atoms with van der Waals surface area (Å²) in [6.45, 7) is 3.18. The largest absolute Gasteiger partial charge is 0.469 e. The molecule has 0 aliphatic heterocycles. The number of carbonyl (C=O) groups excluding carboxylic acids is 1. The van der Waals surface area contributed by atoms with Crippen molar-refractivity contribution in [2.24, 2.45) is 0 Å². The van der Waals surface area contributed by atoms with Gasteiger partial charge in [-0.1, -0.05) is 60.2 Å². The number of hydrogen-bond acceptors (Lipinski definition) is 3. The average molecular weight is 399 g/mol. The van der Waals surface area contributed by atoms with Gasteiger partial charge in [-0.2, -0.15) is 0 Å². The van der Waals surface area contributed by atoms with Crippen LogP contribution in [0.5, 0.6) is 0 Å². The molecule has 0 saturated carbocycles. The number of rotatable bonds is 8. The van der Waals surface area contributed by atoms with Gasteiger partial charge in [-0.05, 0) is 48.7 Å². The van der Waals surface area contributed by atoms with Crippen molar-refractivity contribution in [2.45, 2.75) is 25.8 Å². The van der Waals surface area contributed by atoms with Crippen LogP contribution in [0.3, 0.4) is 0 Å². The van der Waals surface area contributed by atoms with Gasteiger partial charge in [-0.25, -0.2) is 0 Å². The third-order valence-corrected chi connectivity index (χ3v) is 5.29. The van der Waals surface area contributed by atoms with Gasteiger partial charge in [0.25, 0.3) is 5.91 Å². The van der Waals surface area contributed by atoms with E-state index in [1.807, 2.05) is 47.4 Å². The number of aryl methyl sites for hydroxylation is 1. The minimum Gasteiger partial charge on any atom is -0.469 e. The second-order valence-corrected chi connectivity index (χ2v) is 7.46. The quantitative estimate of drug-likeness (QED) is 0.362. The van der Waals surface area contributed by atoms with Crippen LogP contribution >= 0.6 is 0 Å². The Balaban J connectivity index is 1.57. The van der Waals surface area contributed by atoms with Crippen molar-refractivity contribution in [3.8, 4) is 0 Å². The van der Waals surface area contributed by atoms with Crippen LogP contribution in [0.25, 0.3) is 0 Å². The van der Waals surface area contributed by atoms with E-state index in [2.05, 4.69) is 31.2 Å². The molecule has 0 aliphatic rings. The maximum Gasteiger partial charge on any atom is 0.289 e. The normalized spacial score (nSPS) is 11.9. The summed E-state index contributed by atoms with van der Waals surface area (Å²) in [7, 11) is 0. The van der Waals surface area contributed by atoms with Crippen molar-refractivity contribution in [3.63, 3.8) is 0 Å². The number of hydrogen-bond donors (Lipinski definition) is 0. The minimum absolute atomic E-state index is 0.0725. The van der Waals surface area contributed by atoms with E-state index in [0.29, 0.717) is 18.8 Å². The summed E-state index contributed by atoms with van der Waals surface area (Å²) in [5.74, 6) is 1.23. The molecule has 0 saturated heterocycles. The molecular formula is C26H25NO3. The Morgan fingerprint density at radius 3 is 2.27 bits per heavy atom. The Morgan fingerprint density at radius 1 is 0.867 bits per heavy atom. The highest BCUT2D eigenvalue weighted by molar-refractivity contribution is 5.91. The van der Waals surface area contributed by atoms with Crippen LogP contribution in [-0.4, -0.2) is 17.4 Å². The molecular weight excluding hydrogens is 374 g/mol. The van der Waals surface area contributed by atoms with Crippen molar-refractivity contribution >= 4 is 5.91 Å². The molecule has 2 heterocycles. The summed E-state index contributed by atoms with van der Waals surface area (Å²) in [5.41, 5.74) is 3.48. The van der Waals surface area contributed by atoms with E-state index < -0.39 is 0 Å². The predicted molar refractivity (Wildman–Crippen MR) is 116 cm³/mol. The summed E-state index contributed by atoms with van der Waals surface area (Å²) in [6, 6.07) is 25.9. The lowest BCUT2D eigenvalue weighted by atomic mass is 9.92. The highest BCUT2D eigenvalue weighted by Crippen LogP contribution is 2.29. The molecule has 0 unspecified atom stereocenters. The molecule has 2 aromatic heterocycles. The van der Waals surface area contributed by atoms with Crippen LogP contribution in [0, 0.1) is 6.92 Å². The maximum absolute atomic E-state index is 13.1. The van der Waals surface area contributed by atoms with Gasteiger partial charge in [0.1, 0.15) is 5.76 Å². The fraction of sp³-hybridized carbons (Fsp3) is 0.192. The van der Waals surface area contributed by atoms with Crippen molar-refractivity contribution in [1.29, 1.82) is 0 Å². The van der Waals surface area contributed by atoms with Crippen LogP contribution < -0.4 is 0 Å². The summed E-state index contributed by atoms with van der Waals surface area (Å²) in [5, 5.41) is 0. The first-order chi connectivity index (χ1) is 14.7. The monoisotopic (exact) mass is 399 g/mol. The Bertz CT molecular complexity index is 1040. The molecule has 1 amide bonds. The predicted octanol–water partition coefficient (Wildman–Crippen LogP) is 6.05. The highest BCUT2D eigenvalue weighted by atomic mass is 16.3. The Morgan fingerprint density at radius 2 is 1.60 bits per heavy atom. The number of benzene rings is 2. The van der Waals surface area contributed by atoms with E-state index in [0.717, 1.165) is 17.7 Å². The molecule has 1 atom stereocenters. The van der Waals surface area contributed by atoms with E-state index in [1.165, 1.54) is 17.4 Å². The molecule has 0 aliphatic carbocycles. The van der Waals surface area contributed by atoms with Gasteiger partial charge < -0.3 is 13.7 Å². The fourth-order valence-corrected chi connectivity index (χ4v) is 3.66. The lowest BCUT2D eigenvalue weighted by molar-refractivity contribution is 0.0706. The SMILES string of the molecule is Cc1ccc([C@@H](CCN(Cc2ccccc2)C(=O)c2ccco2)c2ccco2)cc1. The molecule has 0 N–H and O–H groups in total. The zero-order valence-electron chi connectivity index (χ0n) is 17.0. The molecule has 2 aromatic carbocycles. The van der Waals surface area contributed by atoms with Crippen LogP contribution in [0.15, 0.2) is 100 Å². The van der Waals surface area contributed by atoms with Gasteiger partial charge in [0.2, 0.25) is 0 Å². The zero-order chi connectivity index (χ0) is 20.8. The van der Waals surface area contributed by atoms with Gasteiger partial charge in [0, 0.05) is 19.0 Å². The second-order valence-electron chi connectivity index (χ2n) is 7.46. The molecule has 152 valence electrons. The maximum atomic E-state index is 13.1. The topological polar surface area (TPSA) is 46.6 Å². The van der Waals surface area contributed by atoms with Crippen LogP contribution in [0.1, 0.15) is 45.3 Å². The smallest absolute Gasteiger partial charge is 0.289 e. The van der Waals surface area contributed by atoms with Gasteiger partial charge in [0.15, 0.2) is 5.76 Å². The number of amides is 1. The van der Waals surface area contributed by atoms with Gasteiger partial charge in [0.05, 0.1) is 12.5 Å². The number of nitrogens with zero attached hydrogens (tertiary/aromatic N) is 1. The van der Waals surface area contributed by atoms with Crippen LogP contribution in [-0.2, 0) is 6.54 Å². The summed E-state index contributed by atoms with van der Waals surface area (Å²) >= 11 is 0. The van der Waals surface area contributed by atoms with Gasteiger partial charge in [-0.15, -0.1) is 0 Å². The molecule has 4 heteroatoms. The molecule has 30 heavy (non-hydrogen) atoms. The summed E-state index contributed by atoms with van der Waals surface area (Å²) < 4.78 is 11.1.